The molecule has 8 nitrogen and oxygen atoms in total. The van der Waals surface area contributed by atoms with Gasteiger partial charge in [-0.3, -0.25) is 14.0 Å². The van der Waals surface area contributed by atoms with Gasteiger partial charge in [-0.1, -0.05) is 24.3 Å². The van der Waals surface area contributed by atoms with Crippen molar-refractivity contribution in [2.24, 2.45) is 0 Å². The number of nitrogens with zero attached hydrogens (tertiary/aromatic N) is 2. The van der Waals surface area contributed by atoms with Gasteiger partial charge in [0, 0.05) is 36.6 Å². The van der Waals surface area contributed by atoms with E-state index in [1.807, 2.05) is 6.07 Å². The summed E-state index contributed by atoms with van der Waals surface area (Å²) in [4.78, 5) is 26.2. The van der Waals surface area contributed by atoms with Crippen LogP contribution in [0.25, 0.3) is 0 Å². The van der Waals surface area contributed by atoms with Crippen molar-refractivity contribution in [3.05, 3.63) is 84.4 Å². The summed E-state index contributed by atoms with van der Waals surface area (Å²) in [6.07, 6.45) is 0. The number of amides is 3. The first kappa shape index (κ1) is 22.3. The first-order valence-corrected chi connectivity index (χ1v) is 12.0. The van der Waals surface area contributed by atoms with Crippen LogP contribution in [-0.4, -0.2) is 40.0 Å². The molecule has 1 aliphatic rings. The van der Waals surface area contributed by atoms with E-state index in [2.05, 4.69) is 10.6 Å². The van der Waals surface area contributed by atoms with E-state index in [1.165, 1.54) is 16.4 Å². The number of para-hydroxylation sites is 1. The molecule has 0 bridgehead atoms. The fourth-order valence-corrected chi connectivity index (χ4v) is 5.18. The van der Waals surface area contributed by atoms with E-state index in [1.54, 1.807) is 72.5 Å². The quantitative estimate of drug-likeness (QED) is 0.557. The van der Waals surface area contributed by atoms with Crippen molar-refractivity contribution in [1.82, 2.24) is 5.32 Å². The van der Waals surface area contributed by atoms with Crippen LogP contribution in [0.2, 0.25) is 0 Å². The van der Waals surface area contributed by atoms with Crippen LogP contribution in [0.3, 0.4) is 0 Å². The van der Waals surface area contributed by atoms with Gasteiger partial charge in [-0.05, 0) is 61.5 Å². The Balaban J connectivity index is 1.52. The maximum atomic E-state index is 13.2. The number of urea groups is 1. The smallest absolute Gasteiger partial charge is 0.321 e. The number of sulfonamides is 1. The molecule has 3 amide bonds. The predicted octanol–water partition coefficient (Wildman–Crippen LogP) is 3.68. The summed E-state index contributed by atoms with van der Waals surface area (Å²) in [5.74, 6) is -0.429. The first-order valence-electron chi connectivity index (χ1n) is 10.5. The molecule has 1 aliphatic heterocycles. The number of rotatable bonds is 7. The van der Waals surface area contributed by atoms with E-state index in [0.29, 0.717) is 24.5 Å². The lowest BCUT2D eigenvalue weighted by atomic mass is 10.2. The van der Waals surface area contributed by atoms with Crippen LogP contribution in [0.1, 0.15) is 17.3 Å². The molecule has 1 saturated heterocycles. The van der Waals surface area contributed by atoms with Gasteiger partial charge in [0.2, 0.25) is 0 Å². The van der Waals surface area contributed by atoms with Gasteiger partial charge in [-0.2, -0.15) is 0 Å². The van der Waals surface area contributed by atoms with Crippen LogP contribution in [0, 0.1) is 0 Å². The monoisotopic (exact) mass is 464 g/mol. The molecule has 0 unspecified atom stereocenters. The van der Waals surface area contributed by atoms with Crippen molar-refractivity contribution in [3.8, 4) is 0 Å². The fourth-order valence-electron chi connectivity index (χ4n) is 3.66. The number of benzene rings is 3. The van der Waals surface area contributed by atoms with E-state index < -0.39 is 15.9 Å². The number of nitrogens with one attached hydrogen (secondary N) is 2. The molecule has 0 aliphatic carbocycles. The van der Waals surface area contributed by atoms with E-state index in [0.717, 1.165) is 5.69 Å². The first-order chi connectivity index (χ1) is 15.9. The Labute approximate surface area is 192 Å². The lowest BCUT2D eigenvalue weighted by molar-refractivity contribution is 0.102. The highest BCUT2D eigenvalue weighted by molar-refractivity contribution is 7.92. The molecule has 0 aromatic heterocycles. The molecular weight excluding hydrogens is 440 g/mol. The number of carbonyl (C=O) groups excluding carboxylic acids is 2. The van der Waals surface area contributed by atoms with Crippen LogP contribution in [-0.2, 0) is 10.0 Å². The van der Waals surface area contributed by atoms with E-state index in [-0.39, 0.29) is 23.0 Å². The zero-order valence-electron chi connectivity index (χ0n) is 18.1. The summed E-state index contributed by atoms with van der Waals surface area (Å²) in [5.41, 5.74) is 2.05. The number of hydrogen-bond donors (Lipinski definition) is 2. The van der Waals surface area contributed by atoms with Gasteiger partial charge in [0.1, 0.15) is 0 Å². The highest BCUT2D eigenvalue weighted by Crippen LogP contribution is 2.24. The molecular formula is C24H24N4O4S. The van der Waals surface area contributed by atoms with E-state index in [4.69, 9.17) is 0 Å². The minimum Gasteiger partial charge on any atom is -0.336 e. The Morgan fingerprint density at radius 2 is 1.76 bits per heavy atom. The molecule has 0 radical (unpaired) electrons. The summed E-state index contributed by atoms with van der Waals surface area (Å²) >= 11 is 0. The lowest BCUT2D eigenvalue weighted by Gasteiger charge is -2.23. The maximum absolute atomic E-state index is 13.2. The molecule has 3 aromatic carbocycles. The minimum atomic E-state index is -3.84. The van der Waals surface area contributed by atoms with Gasteiger partial charge in [-0.25, -0.2) is 13.2 Å². The third kappa shape index (κ3) is 4.68. The molecule has 1 heterocycles. The topological polar surface area (TPSA) is 98.8 Å². The molecule has 170 valence electrons. The summed E-state index contributed by atoms with van der Waals surface area (Å²) in [6, 6.07) is 21.6. The van der Waals surface area contributed by atoms with Crippen molar-refractivity contribution in [2.75, 3.05) is 34.2 Å². The number of anilines is 3. The average Bonchev–Trinajstić information content (AvgIpc) is 3.26. The van der Waals surface area contributed by atoms with Crippen LogP contribution >= 0.6 is 0 Å². The Hall–Kier alpha value is -3.85. The summed E-state index contributed by atoms with van der Waals surface area (Å²) in [5, 5.41) is 5.52. The van der Waals surface area contributed by atoms with Crippen LogP contribution in [0.15, 0.2) is 83.8 Å². The lowest BCUT2D eigenvalue weighted by Crippen LogP contribution is -2.31. The van der Waals surface area contributed by atoms with Gasteiger partial charge in [0.25, 0.3) is 15.9 Å². The maximum Gasteiger partial charge on any atom is 0.321 e. The zero-order chi connectivity index (χ0) is 23.4. The molecule has 33 heavy (non-hydrogen) atoms. The Bertz CT molecular complexity index is 1260. The van der Waals surface area contributed by atoms with Gasteiger partial charge >= 0.3 is 6.03 Å². The molecule has 1 fully saturated rings. The average molecular weight is 465 g/mol. The highest BCUT2D eigenvalue weighted by atomic mass is 32.2. The molecule has 4 rings (SSSR count). The van der Waals surface area contributed by atoms with Crippen LogP contribution in [0.5, 0.6) is 0 Å². The molecule has 9 heteroatoms. The van der Waals surface area contributed by atoms with E-state index >= 15 is 0 Å². The molecule has 2 N–H and O–H groups in total. The highest BCUT2D eigenvalue weighted by Gasteiger charge is 2.25. The fraction of sp³-hybridized carbons (Fsp3) is 0.167. The summed E-state index contributed by atoms with van der Waals surface area (Å²) < 4.78 is 27.8. The predicted molar refractivity (Wildman–Crippen MR) is 128 cm³/mol. The molecule has 0 saturated carbocycles. The Morgan fingerprint density at radius 3 is 2.39 bits per heavy atom. The van der Waals surface area contributed by atoms with Gasteiger partial charge in [0.05, 0.1) is 10.6 Å². The summed E-state index contributed by atoms with van der Waals surface area (Å²) in [6.45, 7) is 3.20. The van der Waals surface area contributed by atoms with Crippen LogP contribution in [0.4, 0.5) is 21.9 Å². The second kappa shape index (κ2) is 9.33. The van der Waals surface area contributed by atoms with E-state index in [9.17, 15) is 18.0 Å². The Kier molecular flexibility index (Phi) is 6.32. The van der Waals surface area contributed by atoms with Crippen molar-refractivity contribution in [3.63, 3.8) is 0 Å². The van der Waals surface area contributed by atoms with Gasteiger partial charge in [0.15, 0.2) is 0 Å². The largest absolute Gasteiger partial charge is 0.336 e. The third-order valence-electron chi connectivity index (χ3n) is 5.31. The third-order valence-corrected chi connectivity index (χ3v) is 7.21. The van der Waals surface area contributed by atoms with Crippen molar-refractivity contribution in [1.29, 1.82) is 0 Å². The second-order valence-electron chi connectivity index (χ2n) is 7.42. The zero-order valence-corrected chi connectivity index (χ0v) is 18.9. The normalized spacial score (nSPS) is 13.5. The van der Waals surface area contributed by atoms with Crippen molar-refractivity contribution >= 4 is 39.0 Å². The van der Waals surface area contributed by atoms with Crippen molar-refractivity contribution < 1.29 is 18.0 Å². The van der Waals surface area contributed by atoms with Gasteiger partial charge < -0.3 is 10.6 Å². The van der Waals surface area contributed by atoms with Gasteiger partial charge in [-0.15, -0.1) is 0 Å². The number of carbonyl (C=O) groups is 2. The van der Waals surface area contributed by atoms with Crippen molar-refractivity contribution in [2.45, 2.75) is 11.8 Å². The standard InChI is InChI=1S/C24H24N4O4S/c1-2-28(21-8-4-3-5-9-21)33(31,32)22-10-6-7-18(17-22)23(29)26-19-11-13-20(14-12-19)27-16-15-25-24(27)30/h3-14,17H,2,15-16H2,1H3,(H,25,30)(H,26,29). The molecule has 3 aromatic rings. The second-order valence-corrected chi connectivity index (χ2v) is 9.28. The molecule has 0 spiro atoms. The summed E-state index contributed by atoms with van der Waals surface area (Å²) in [7, 11) is -3.84. The molecule has 0 atom stereocenters. The minimum absolute atomic E-state index is 0.0382. The SMILES string of the molecule is CCN(c1ccccc1)S(=O)(=O)c1cccc(C(=O)Nc2ccc(N3CCNC3=O)cc2)c1. The number of hydrogen-bond acceptors (Lipinski definition) is 4. The Morgan fingerprint density at radius 1 is 1.03 bits per heavy atom. The van der Waals surface area contributed by atoms with Crippen LogP contribution < -0.4 is 19.8 Å².